The van der Waals surface area contributed by atoms with E-state index in [0.717, 1.165) is 39.0 Å². The van der Waals surface area contributed by atoms with E-state index in [1.54, 1.807) is 23.7 Å². The summed E-state index contributed by atoms with van der Waals surface area (Å²) in [7, 11) is 3.73. The number of allylic oxidation sites excluding steroid dienone is 2. The molecule has 2 aromatic carbocycles. The van der Waals surface area contributed by atoms with E-state index < -0.39 is 12.0 Å². The number of carbonyl (C=O) groups excluding carboxylic acids is 2. The van der Waals surface area contributed by atoms with Gasteiger partial charge in [0.15, 0.2) is 5.69 Å². The van der Waals surface area contributed by atoms with Crippen LogP contribution in [0.1, 0.15) is 57.9 Å². The molecule has 6 aromatic rings. The molecule has 6 rings (SSSR count). The van der Waals surface area contributed by atoms with Crippen LogP contribution in [-0.2, 0) is 33.7 Å². The Bertz CT molecular complexity index is 2320. The molecule has 2 N–H and O–H groups in total. The lowest BCUT2D eigenvalue weighted by Crippen LogP contribution is -2.27. The molecule has 0 aliphatic heterocycles. The van der Waals surface area contributed by atoms with Gasteiger partial charge >= 0.3 is 5.91 Å². The van der Waals surface area contributed by atoms with Gasteiger partial charge in [0.25, 0.3) is 5.91 Å². The number of aryl methyl sites for hydroxylation is 5. The first-order valence-electron chi connectivity index (χ1n) is 15.5. The highest BCUT2D eigenvalue weighted by atomic mass is 16.3. The fourth-order valence-electron chi connectivity index (χ4n) is 6.00. The van der Waals surface area contributed by atoms with E-state index in [-0.39, 0.29) is 11.6 Å². The predicted octanol–water partition coefficient (Wildman–Crippen LogP) is 3.62. The Labute approximate surface area is 270 Å². The monoisotopic (exact) mass is 634 g/mol. The minimum absolute atomic E-state index is 0.223. The molecule has 1 unspecified atom stereocenters. The van der Waals surface area contributed by atoms with Crippen LogP contribution in [0.2, 0.25) is 0 Å². The summed E-state index contributed by atoms with van der Waals surface area (Å²) in [6, 6.07) is 17.0. The van der Waals surface area contributed by atoms with E-state index in [9.17, 15) is 14.7 Å². The summed E-state index contributed by atoms with van der Waals surface area (Å²) in [5.74, 6) is -0.835. The first-order valence-corrected chi connectivity index (χ1v) is 15.5. The maximum absolute atomic E-state index is 13.4. The van der Waals surface area contributed by atoms with Crippen molar-refractivity contribution in [3.63, 3.8) is 0 Å². The number of para-hydroxylation sites is 3. The number of aromatic amines is 1. The van der Waals surface area contributed by atoms with E-state index in [0.29, 0.717) is 36.6 Å². The summed E-state index contributed by atoms with van der Waals surface area (Å²) >= 11 is 0. The van der Waals surface area contributed by atoms with Crippen LogP contribution in [0.3, 0.4) is 0 Å². The summed E-state index contributed by atoms with van der Waals surface area (Å²) in [5.41, 5.74) is 7.33. The second-order valence-electron chi connectivity index (χ2n) is 11.5. The average molecular weight is 635 g/mol. The van der Waals surface area contributed by atoms with Gasteiger partial charge in [-0.15, -0.1) is 0 Å². The smallest absolute Gasteiger partial charge is 0.300 e. The Morgan fingerprint density at radius 2 is 1.53 bits per heavy atom. The number of hydrogen-bond donors (Lipinski definition) is 2. The molecular formula is C34H38N10O3. The van der Waals surface area contributed by atoms with Crippen molar-refractivity contribution in [1.82, 2.24) is 38.2 Å². The van der Waals surface area contributed by atoms with Gasteiger partial charge < -0.3 is 23.4 Å². The number of amides is 2. The molecule has 4 heterocycles. The summed E-state index contributed by atoms with van der Waals surface area (Å²) in [6.07, 6.45) is 3.28. The third-order valence-electron chi connectivity index (χ3n) is 8.23. The maximum atomic E-state index is 13.4. The Balaban J connectivity index is 1.40. The summed E-state index contributed by atoms with van der Waals surface area (Å²) in [4.78, 5) is 35.6. The number of hydrogen-bond acceptors (Lipinski definition) is 5. The van der Waals surface area contributed by atoms with Crippen molar-refractivity contribution in [2.75, 3.05) is 0 Å². The molecule has 0 bridgehead atoms. The normalized spacial score (nSPS) is 13.5. The second kappa shape index (κ2) is 12.7. The van der Waals surface area contributed by atoms with Crippen molar-refractivity contribution in [3.05, 3.63) is 106 Å². The second-order valence-corrected chi connectivity index (χ2v) is 11.5. The van der Waals surface area contributed by atoms with Gasteiger partial charge in [-0.3, -0.25) is 19.4 Å². The molecule has 0 saturated heterocycles. The van der Waals surface area contributed by atoms with Gasteiger partial charge in [0, 0.05) is 45.0 Å². The fourth-order valence-corrected chi connectivity index (χ4v) is 6.00. The highest BCUT2D eigenvalue weighted by molar-refractivity contribution is 5.94. The van der Waals surface area contributed by atoms with Gasteiger partial charge in [-0.05, 0) is 58.0 Å². The number of imidazole rings is 2. The van der Waals surface area contributed by atoms with Crippen LogP contribution in [0, 0.1) is 13.8 Å². The van der Waals surface area contributed by atoms with E-state index in [1.807, 2.05) is 108 Å². The van der Waals surface area contributed by atoms with E-state index in [4.69, 9.17) is 0 Å². The van der Waals surface area contributed by atoms with Crippen LogP contribution in [0.15, 0.2) is 76.7 Å². The minimum Gasteiger partial charge on any atom is -0.389 e. The number of aliphatic hydroxyl groups is 1. The lowest BCUT2D eigenvalue weighted by atomic mass is 10.1. The van der Waals surface area contributed by atoms with Gasteiger partial charge in [0.2, 0.25) is 11.2 Å². The SMILES string of the molecule is CCn1nc(C)cc1C(=O)N=c1n(C)c2ccccc2n1C/C=C/Cn1c(=NC(=O)c2cc(C)[nH]n2)n(C)c2c(C(C)O)cccc21. The van der Waals surface area contributed by atoms with Crippen molar-refractivity contribution in [3.8, 4) is 0 Å². The molecule has 0 aliphatic carbocycles. The van der Waals surface area contributed by atoms with Crippen LogP contribution in [0.25, 0.3) is 22.1 Å². The zero-order chi connectivity index (χ0) is 33.4. The predicted molar refractivity (Wildman–Crippen MR) is 177 cm³/mol. The first-order chi connectivity index (χ1) is 22.6. The molecule has 2 amide bonds. The molecule has 0 fully saturated rings. The molecule has 0 radical (unpaired) electrons. The Kier molecular flexibility index (Phi) is 8.48. The molecule has 13 heteroatoms. The zero-order valence-corrected chi connectivity index (χ0v) is 27.3. The zero-order valence-electron chi connectivity index (χ0n) is 27.3. The molecule has 1 atom stereocenters. The Hall–Kier alpha value is -5.56. The summed E-state index contributed by atoms with van der Waals surface area (Å²) in [5, 5.41) is 21.8. The van der Waals surface area contributed by atoms with Crippen molar-refractivity contribution < 1.29 is 14.7 Å². The molecule has 13 nitrogen and oxygen atoms in total. The van der Waals surface area contributed by atoms with E-state index >= 15 is 0 Å². The van der Waals surface area contributed by atoms with Gasteiger partial charge in [-0.1, -0.05) is 36.4 Å². The minimum atomic E-state index is -0.721. The molecule has 0 spiro atoms. The van der Waals surface area contributed by atoms with Gasteiger partial charge in [0.05, 0.1) is 33.9 Å². The van der Waals surface area contributed by atoms with Crippen molar-refractivity contribution >= 4 is 33.9 Å². The van der Waals surface area contributed by atoms with Gasteiger partial charge in [-0.2, -0.15) is 20.2 Å². The van der Waals surface area contributed by atoms with Gasteiger partial charge in [-0.25, -0.2) is 0 Å². The van der Waals surface area contributed by atoms with Crippen LogP contribution in [-0.4, -0.2) is 55.2 Å². The molecule has 47 heavy (non-hydrogen) atoms. The number of H-pyrrole nitrogens is 1. The Morgan fingerprint density at radius 3 is 2.19 bits per heavy atom. The number of aromatic nitrogens is 8. The number of benzene rings is 2. The number of aliphatic hydroxyl groups excluding tert-OH is 1. The van der Waals surface area contributed by atoms with E-state index in [1.165, 1.54) is 0 Å². The lowest BCUT2D eigenvalue weighted by molar-refractivity contribution is 0.0980. The number of carbonyl (C=O) groups is 2. The third kappa shape index (κ3) is 5.81. The van der Waals surface area contributed by atoms with Crippen molar-refractivity contribution in [2.45, 2.75) is 53.4 Å². The maximum Gasteiger partial charge on any atom is 0.300 e. The van der Waals surface area contributed by atoms with E-state index in [2.05, 4.69) is 25.3 Å². The van der Waals surface area contributed by atoms with Crippen LogP contribution >= 0.6 is 0 Å². The third-order valence-corrected chi connectivity index (χ3v) is 8.23. The number of rotatable bonds is 8. The summed E-state index contributed by atoms with van der Waals surface area (Å²) < 4.78 is 9.34. The standard InChI is InChI=1S/C34H38N10O3/c1-7-44-29(20-22(3)39-44)32(47)36-33-40(5)26-14-8-9-15-27(26)42(33)17-10-11-18-43-28-16-12-13-24(23(4)45)30(28)41(6)34(43)35-31(46)25-19-21(2)37-38-25/h8-16,19-20,23,45H,7,17-18H2,1-6H3,(H,37,38)/b11-10+,35-34?,36-33?. The van der Waals surface area contributed by atoms with Crippen molar-refractivity contribution in [2.24, 2.45) is 24.1 Å². The highest BCUT2D eigenvalue weighted by Crippen LogP contribution is 2.23. The molecule has 4 aromatic heterocycles. The first kappa shape index (κ1) is 31.4. The molecule has 0 saturated carbocycles. The number of fused-ring (bicyclic) bond motifs is 2. The lowest BCUT2D eigenvalue weighted by Gasteiger charge is -2.08. The van der Waals surface area contributed by atoms with Crippen LogP contribution in [0.5, 0.6) is 0 Å². The largest absolute Gasteiger partial charge is 0.389 e. The van der Waals surface area contributed by atoms with Gasteiger partial charge in [0.1, 0.15) is 5.69 Å². The average Bonchev–Trinajstić information content (AvgIpc) is 3.80. The number of nitrogens with zero attached hydrogens (tertiary/aromatic N) is 9. The topological polar surface area (TPSA) is 145 Å². The molecule has 0 aliphatic rings. The van der Waals surface area contributed by atoms with Crippen molar-refractivity contribution in [1.29, 1.82) is 0 Å². The molecular weight excluding hydrogens is 596 g/mol. The Morgan fingerprint density at radius 1 is 0.894 bits per heavy atom. The fraction of sp³-hybridized carbons (Fsp3) is 0.294. The summed E-state index contributed by atoms with van der Waals surface area (Å²) in [6.45, 7) is 8.72. The van der Waals surface area contributed by atoms with Crippen LogP contribution < -0.4 is 11.2 Å². The number of nitrogens with one attached hydrogen (secondary N) is 1. The van der Waals surface area contributed by atoms with Crippen LogP contribution in [0.4, 0.5) is 0 Å². The highest BCUT2D eigenvalue weighted by Gasteiger charge is 2.18. The quantitative estimate of drug-likeness (QED) is 0.246. The molecule has 242 valence electrons.